The highest BCUT2D eigenvalue weighted by atomic mass is 32.1. The van der Waals surface area contributed by atoms with Crippen LogP contribution in [0.5, 0.6) is 0 Å². The van der Waals surface area contributed by atoms with Crippen molar-refractivity contribution in [2.24, 2.45) is 0 Å². The van der Waals surface area contributed by atoms with Gasteiger partial charge in [-0.05, 0) is 53.6 Å². The SMILES string of the molecule is c1ccc(-c2nc(Cc3cccc4sc5ccc(-c6cccc7c6oc6cc(-n8c9ccccc9c9ccccc98)ccc67)cc5c34)nc(-c3ccccc3)n2)cc1. The van der Waals surface area contributed by atoms with E-state index < -0.39 is 0 Å². The number of para-hydroxylation sites is 3. The molecule has 4 aromatic heterocycles. The summed E-state index contributed by atoms with van der Waals surface area (Å²) in [4.78, 5) is 15.0. The van der Waals surface area contributed by atoms with E-state index in [1.54, 1.807) is 0 Å². The van der Waals surface area contributed by atoms with E-state index in [9.17, 15) is 0 Å². The van der Waals surface area contributed by atoms with Crippen LogP contribution >= 0.6 is 11.3 Å². The summed E-state index contributed by atoms with van der Waals surface area (Å²) < 4.78 is 11.7. The van der Waals surface area contributed by atoms with E-state index in [4.69, 9.17) is 19.4 Å². The molecular weight excluding hydrogens is 729 g/mol. The van der Waals surface area contributed by atoms with Crippen molar-refractivity contribution in [1.82, 2.24) is 19.5 Å². The standard InChI is InChI=1S/C52H32N4OS/c1-3-13-32(14-4-1)51-53-48(54-52(55-51)33-15-5-2-6-16-33)30-35-17-11-24-47-49(35)42-29-34(25-28-46(42)58-47)37-20-12-21-41-40-27-26-36(31-45(40)57-50(37)41)56-43-22-9-7-18-38(43)39-19-8-10-23-44(39)56/h1-29,31H,30H2. The Balaban J connectivity index is 0.977. The molecule has 0 aliphatic heterocycles. The Morgan fingerprint density at radius 3 is 1.84 bits per heavy atom. The number of nitrogens with zero attached hydrogens (tertiary/aromatic N) is 4. The molecule has 0 amide bonds. The lowest BCUT2D eigenvalue weighted by Crippen LogP contribution is -2.04. The highest BCUT2D eigenvalue weighted by Gasteiger charge is 2.19. The maximum Gasteiger partial charge on any atom is 0.163 e. The van der Waals surface area contributed by atoms with E-state index in [2.05, 4.69) is 150 Å². The number of aromatic nitrogens is 4. The molecule has 8 aromatic carbocycles. The lowest BCUT2D eigenvalue weighted by Gasteiger charge is -2.09. The van der Waals surface area contributed by atoms with Crippen molar-refractivity contribution >= 4 is 75.3 Å². The zero-order chi connectivity index (χ0) is 38.2. The third-order valence-corrected chi connectivity index (χ3v) is 12.4. The minimum absolute atomic E-state index is 0.572. The molecule has 0 aliphatic carbocycles. The Morgan fingerprint density at radius 1 is 0.466 bits per heavy atom. The highest BCUT2D eigenvalue weighted by Crippen LogP contribution is 2.42. The van der Waals surface area contributed by atoms with Gasteiger partial charge in [0.1, 0.15) is 17.0 Å². The van der Waals surface area contributed by atoms with Crippen molar-refractivity contribution in [3.05, 3.63) is 193 Å². The van der Waals surface area contributed by atoms with Crippen LogP contribution in [-0.2, 0) is 6.42 Å². The number of hydrogen-bond donors (Lipinski definition) is 0. The van der Waals surface area contributed by atoms with Crippen LogP contribution in [-0.4, -0.2) is 19.5 Å². The van der Waals surface area contributed by atoms with Crippen LogP contribution in [0.1, 0.15) is 11.4 Å². The second-order valence-electron chi connectivity index (χ2n) is 14.7. The third kappa shape index (κ3) is 5.26. The van der Waals surface area contributed by atoms with E-state index in [0.29, 0.717) is 18.1 Å². The molecule has 0 unspecified atom stereocenters. The van der Waals surface area contributed by atoms with Crippen LogP contribution in [0, 0.1) is 0 Å². The fourth-order valence-electron chi connectivity index (χ4n) is 8.67. The average Bonchev–Trinajstić information content (AvgIpc) is 3.96. The molecule has 12 aromatic rings. The topological polar surface area (TPSA) is 56.7 Å². The van der Waals surface area contributed by atoms with E-state index in [1.807, 2.05) is 47.7 Å². The summed E-state index contributed by atoms with van der Waals surface area (Å²) >= 11 is 1.82. The smallest absolute Gasteiger partial charge is 0.163 e. The second kappa shape index (κ2) is 13.1. The Kier molecular flexibility index (Phi) is 7.40. The molecular formula is C52H32N4OS. The minimum Gasteiger partial charge on any atom is -0.455 e. The van der Waals surface area contributed by atoms with Crippen LogP contribution in [0.4, 0.5) is 0 Å². The van der Waals surface area contributed by atoms with Crippen LogP contribution in [0.25, 0.3) is 104 Å². The molecule has 272 valence electrons. The molecule has 0 spiro atoms. The van der Waals surface area contributed by atoms with Gasteiger partial charge in [-0.1, -0.05) is 133 Å². The molecule has 0 bridgehead atoms. The predicted octanol–water partition coefficient (Wildman–Crippen LogP) is 13.8. The van der Waals surface area contributed by atoms with Gasteiger partial charge in [-0.25, -0.2) is 15.0 Å². The van der Waals surface area contributed by atoms with Gasteiger partial charge in [0.15, 0.2) is 11.6 Å². The molecule has 0 radical (unpaired) electrons. The van der Waals surface area contributed by atoms with Crippen molar-refractivity contribution < 1.29 is 4.42 Å². The Bertz CT molecular complexity index is 3440. The van der Waals surface area contributed by atoms with Gasteiger partial charge >= 0.3 is 0 Å². The number of benzene rings is 8. The normalized spacial score (nSPS) is 11.9. The van der Waals surface area contributed by atoms with Crippen molar-refractivity contribution in [2.45, 2.75) is 6.42 Å². The first kappa shape index (κ1) is 32.8. The van der Waals surface area contributed by atoms with Crippen LogP contribution in [0.3, 0.4) is 0 Å². The molecule has 6 heteroatoms. The Morgan fingerprint density at radius 2 is 1.12 bits per heavy atom. The second-order valence-corrected chi connectivity index (χ2v) is 15.8. The fraction of sp³-hybridized carbons (Fsp3) is 0.0192. The zero-order valence-electron chi connectivity index (χ0n) is 31.1. The largest absolute Gasteiger partial charge is 0.455 e. The Labute approximate surface area is 337 Å². The summed E-state index contributed by atoms with van der Waals surface area (Å²) in [5, 5.41) is 7.15. The van der Waals surface area contributed by atoms with E-state index >= 15 is 0 Å². The van der Waals surface area contributed by atoms with Crippen LogP contribution in [0.15, 0.2) is 186 Å². The summed E-state index contributed by atoms with van der Waals surface area (Å²) in [6.07, 6.45) is 0.572. The molecule has 0 fully saturated rings. The van der Waals surface area contributed by atoms with E-state index in [0.717, 1.165) is 55.7 Å². The van der Waals surface area contributed by atoms with E-state index in [1.165, 1.54) is 47.5 Å². The van der Waals surface area contributed by atoms with Gasteiger partial charge in [-0.2, -0.15) is 0 Å². The maximum absolute atomic E-state index is 6.85. The lowest BCUT2D eigenvalue weighted by atomic mass is 9.98. The number of rotatable bonds is 6. The molecule has 0 atom stereocenters. The first-order valence-electron chi connectivity index (χ1n) is 19.5. The fourth-order valence-corrected chi connectivity index (χ4v) is 9.80. The van der Waals surface area contributed by atoms with Gasteiger partial charge in [0, 0.05) is 76.6 Å². The number of fused-ring (bicyclic) bond motifs is 9. The van der Waals surface area contributed by atoms with Crippen molar-refractivity contribution in [1.29, 1.82) is 0 Å². The number of thiophene rings is 1. The molecule has 5 nitrogen and oxygen atoms in total. The first-order chi connectivity index (χ1) is 28.7. The number of furan rings is 1. The average molecular weight is 761 g/mol. The summed E-state index contributed by atoms with van der Waals surface area (Å²) in [6.45, 7) is 0. The quantitative estimate of drug-likeness (QED) is 0.169. The van der Waals surface area contributed by atoms with Crippen molar-refractivity contribution in [3.63, 3.8) is 0 Å². The summed E-state index contributed by atoms with van der Waals surface area (Å²) in [6, 6.07) is 64.0. The van der Waals surface area contributed by atoms with E-state index in [-0.39, 0.29) is 0 Å². The molecule has 12 rings (SSSR count). The summed E-state index contributed by atoms with van der Waals surface area (Å²) in [5.74, 6) is 2.09. The van der Waals surface area contributed by atoms with Crippen LogP contribution < -0.4 is 0 Å². The summed E-state index contributed by atoms with van der Waals surface area (Å²) in [7, 11) is 0. The highest BCUT2D eigenvalue weighted by molar-refractivity contribution is 7.25. The predicted molar refractivity (Wildman–Crippen MR) is 240 cm³/mol. The Hall–Kier alpha value is -7.41. The van der Waals surface area contributed by atoms with Crippen molar-refractivity contribution in [2.75, 3.05) is 0 Å². The molecule has 0 aliphatic rings. The molecule has 0 saturated heterocycles. The summed E-state index contributed by atoms with van der Waals surface area (Å²) in [5.41, 5.74) is 10.5. The van der Waals surface area contributed by atoms with Gasteiger partial charge in [0.05, 0.1) is 11.0 Å². The molecule has 0 saturated carbocycles. The van der Waals surface area contributed by atoms with Gasteiger partial charge in [0.25, 0.3) is 0 Å². The van der Waals surface area contributed by atoms with Crippen molar-refractivity contribution in [3.8, 4) is 39.6 Å². The first-order valence-corrected chi connectivity index (χ1v) is 20.3. The molecule has 4 heterocycles. The third-order valence-electron chi connectivity index (χ3n) is 11.3. The number of hydrogen-bond acceptors (Lipinski definition) is 5. The lowest BCUT2D eigenvalue weighted by molar-refractivity contribution is 0.669. The monoisotopic (exact) mass is 760 g/mol. The van der Waals surface area contributed by atoms with Gasteiger partial charge in [-0.15, -0.1) is 11.3 Å². The maximum atomic E-state index is 6.85. The molecule has 0 N–H and O–H groups in total. The van der Waals surface area contributed by atoms with Gasteiger partial charge in [-0.3, -0.25) is 0 Å². The van der Waals surface area contributed by atoms with Crippen LogP contribution in [0.2, 0.25) is 0 Å². The van der Waals surface area contributed by atoms with Gasteiger partial charge in [0.2, 0.25) is 0 Å². The minimum atomic E-state index is 0.572. The zero-order valence-corrected chi connectivity index (χ0v) is 31.9. The molecule has 58 heavy (non-hydrogen) atoms. The van der Waals surface area contributed by atoms with Gasteiger partial charge < -0.3 is 8.98 Å².